The van der Waals surface area contributed by atoms with Crippen molar-refractivity contribution in [3.8, 4) is 0 Å². The first-order chi connectivity index (χ1) is 12.1. The molecule has 2 fully saturated rings. The van der Waals surface area contributed by atoms with Gasteiger partial charge in [-0.05, 0) is 46.8 Å². The maximum Gasteiger partial charge on any atom is 0.271 e. The zero-order chi connectivity index (χ0) is 17.8. The number of rotatable bonds is 5. The first-order valence-corrected chi connectivity index (χ1v) is 9.38. The van der Waals surface area contributed by atoms with Crippen LogP contribution >= 0.6 is 0 Å². The Kier molecular flexibility index (Phi) is 6.09. The van der Waals surface area contributed by atoms with Crippen LogP contribution in [-0.2, 0) is 4.74 Å². The van der Waals surface area contributed by atoms with Crippen LogP contribution in [0.5, 0.6) is 0 Å². The quantitative estimate of drug-likeness (QED) is 0.853. The van der Waals surface area contributed by atoms with E-state index in [0.29, 0.717) is 18.3 Å². The highest BCUT2D eigenvalue weighted by Crippen LogP contribution is 2.26. The van der Waals surface area contributed by atoms with Gasteiger partial charge in [-0.1, -0.05) is 0 Å². The third kappa shape index (κ3) is 4.40. The molecule has 25 heavy (non-hydrogen) atoms. The van der Waals surface area contributed by atoms with Crippen LogP contribution in [0.3, 0.4) is 0 Å². The monoisotopic (exact) mass is 349 g/mol. The molecular weight excluding hydrogens is 318 g/mol. The summed E-state index contributed by atoms with van der Waals surface area (Å²) in [6.45, 7) is 11.2. The van der Waals surface area contributed by atoms with E-state index < -0.39 is 0 Å². The van der Waals surface area contributed by atoms with Crippen LogP contribution in [0.25, 0.3) is 0 Å². The molecule has 0 saturated carbocycles. The van der Waals surface area contributed by atoms with Gasteiger partial charge in [-0.25, -0.2) is 4.98 Å². The van der Waals surface area contributed by atoms with Crippen LogP contribution in [0.15, 0.2) is 0 Å². The summed E-state index contributed by atoms with van der Waals surface area (Å²) >= 11 is 0. The standard InChI is InChI=1S/C18H31N5O2/c1-14-17(18(24)19-6-9-22-10-12-25-13-11-22)20-15(2)23(14)16-4-7-21(3)8-5-16/h16H,4-13H2,1-3H3,(H,19,24). The van der Waals surface area contributed by atoms with Crippen molar-refractivity contribution in [3.05, 3.63) is 17.2 Å². The lowest BCUT2D eigenvalue weighted by atomic mass is 10.0. The first-order valence-electron chi connectivity index (χ1n) is 9.38. The Morgan fingerprint density at radius 3 is 2.56 bits per heavy atom. The largest absolute Gasteiger partial charge is 0.379 e. The third-order valence-corrected chi connectivity index (χ3v) is 5.41. The summed E-state index contributed by atoms with van der Waals surface area (Å²) in [5.74, 6) is 0.894. The second-order valence-corrected chi connectivity index (χ2v) is 7.21. The van der Waals surface area contributed by atoms with Gasteiger partial charge < -0.3 is 19.5 Å². The molecule has 2 saturated heterocycles. The molecular formula is C18H31N5O2. The number of aromatic nitrogens is 2. The highest BCUT2D eigenvalue weighted by atomic mass is 16.5. The van der Waals surface area contributed by atoms with E-state index in [1.54, 1.807) is 0 Å². The average Bonchev–Trinajstić information content (AvgIpc) is 2.91. The zero-order valence-corrected chi connectivity index (χ0v) is 15.8. The van der Waals surface area contributed by atoms with Gasteiger partial charge >= 0.3 is 0 Å². The van der Waals surface area contributed by atoms with Crippen molar-refractivity contribution < 1.29 is 9.53 Å². The van der Waals surface area contributed by atoms with Gasteiger partial charge in [0.15, 0.2) is 0 Å². The summed E-state index contributed by atoms with van der Waals surface area (Å²) in [5.41, 5.74) is 1.58. The number of morpholine rings is 1. The Labute approximate surface area is 150 Å². The number of hydrogen-bond donors (Lipinski definition) is 1. The van der Waals surface area contributed by atoms with E-state index in [1.165, 1.54) is 0 Å². The van der Waals surface area contributed by atoms with Gasteiger partial charge in [-0.2, -0.15) is 0 Å². The number of nitrogens with one attached hydrogen (secondary N) is 1. The van der Waals surface area contributed by atoms with Gasteiger partial charge in [0.1, 0.15) is 11.5 Å². The van der Waals surface area contributed by atoms with E-state index in [0.717, 1.165) is 70.3 Å². The molecule has 1 aromatic rings. The Morgan fingerprint density at radius 1 is 1.20 bits per heavy atom. The predicted octanol–water partition coefficient (Wildman–Crippen LogP) is 0.829. The van der Waals surface area contributed by atoms with Gasteiger partial charge in [0.25, 0.3) is 5.91 Å². The van der Waals surface area contributed by atoms with E-state index in [-0.39, 0.29) is 5.91 Å². The molecule has 0 unspecified atom stereocenters. The minimum atomic E-state index is -0.0551. The smallest absolute Gasteiger partial charge is 0.271 e. The summed E-state index contributed by atoms with van der Waals surface area (Å²) in [7, 11) is 2.16. The van der Waals surface area contributed by atoms with Crippen LogP contribution in [-0.4, -0.2) is 84.8 Å². The molecule has 140 valence electrons. The van der Waals surface area contributed by atoms with Crippen molar-refractivity contribution in [1.29, 1.82) is 0 Å². The molecule has 1 amide bonds. The number of ether oxygens (including phenoxy) is 1. The van der Waals surface area contributed by atoms with Crippen molar-refractivity contribution in [2.45, 2.75) is 32.7 Å². The fourth-order valence-electron chi connectivity index (χ4n) is 3.90. The van der Waals surface area contributed by atoms with Gasteiger partial charge in [0, 0.05) is 37.9 Å². The highest BCUT2D eigenvalue weighted by molar-refractivity contribution is 5.93. The Balaban J connectivity index is 1.58. The number of hydrogen-bond acceptors (Lipinski definition) is 5. The summed E-state index contributed by atoms with van der Waals surface area (Å²) in [4.78, 5) is 21.8. The first kappa shape index (κ1) is 18.4. The predicted molar refractivity (Wildman–Crippen MR) is 97.1 cm³/mol. The van der Waals surface area contributed by atoms with Crippen LogP contribution in [0, 0.1) is 13.8 Å². The number of piperidine rings is 1. The molecule has 2 aliphatic heterocycles. The third-order valence-electron chi connectivity index (χ3n) is 5.41. The van der Waals surface area contributed by atoms with Crippen molar-refractivity contribution in [2.75, 3.05) is 59.5 Å². The zero-order valence-electron chi connectivity index (χ0n) is 15.8. The molecule has 3 rings (SSSR count). The highest BCUT2D eigenvalue weighted by Gasteiger charge is 2.25. The molecule has 0 aromatic carbocycles. The second-order valence-electron chi connectivity index (χ2n) is 7.21. The van der Waals surface area contributed by atoms with E-state index in [1.807, 2.05) is 13.8 Å². The molecule has 2 aliphatic rings. The lowest BCUT2D eigenvalue weighted by Gasteiger charge is -2.31. The van der Waals surface area contributed by atoms with Crippen molar-refractivity contribution in [1.82, 2.24) is 24.7 Å². The van der Waals surface area contributed by atoms with E-state index in [2.05, 4.69) is 31.7 Å². The van der Waals surface area contributed by atoms with Gasteiger partial charge in [0.05, 0.1) is 13.2 Å². The molecule has 1 N–H and O–H groups in total. The van der Waals surface area contributed by atoms with Gasteiger partial charge in [0.2, 0.25) is 0 Å². The van der Waals surface area contributed by atoms with Gasteiger partial charge in [-0.15, -0.1) is 0 Å². The topological polar surface area (TPSA) is 62.6 Å². The Bertz CT molecular complexity index is 587. The molecule has 0 radical (unpaired) electrons. The molecule has 0 spiro atoms. The Morgan fingerprint density at radius 2 is 1.88 bits per heavy atom. The minimum Gasteiger partial charge on any atom is -0.379 e. The average molecular weight is 349 g/mol. The molecule has 0 bridgehead atoms. The molecule has 7 nitrogen and oxygen atoms in total. The lowest BCUT2D eigenvalue weighted by molar-refractivity contribution is 0.0383. The van der Waals surface area contributed by atoms with Crippen molar-refractivity contribution >= 4 is 5.91 Å². The summed E-state index contributed by atoms with van der Waals surface area (Å²) in [6, 6.07) is 0.457. The number of aryl methyl sites for hydroxylation is 1. The van der Waals surface area contributed by atoms with Crippen LogP contribution in [0.4, 0.5) is 0 Å². The number of nitrogens with zero attached hydrogens (tertiary/aromatic N) is 4. The molecule has 7 heteroatoms. The normalized spacial score (nSPS) is 20.8. The number of amides is 1. The molecule has 3 heterocycles. The van der Waals surface area contributed by atoms with Gasteiger partial charge in [-0.3, -0.25) is 9.69 Å². The molecule has 1 aromatic heterocycles. The van der Waals surface area contributed by atoms with Crippen LogP contribution in [0.1, 0.15) is 40.9 Å². The van der Waals surface area contributed by atoms with E-state index >= 15 is 0 Å². The van der Waals surface area contributed by atoms with E-state index in [9.17, 15) is 4.79 Å². The fraction of sp³-hybridized carbons (Fsp3) is 0.778. The second kappa shape index (κ2) is 8.29. The lowest BCUT2D eigenvalue weighted by Crippen LogP contribution is -2.41. The van der Waals surface area contributed by atoms with Crippen molar-refractivity contribution in [2.24, 2.45) is 0 Å². The maximum atomic E-state index is 12.6. The summed E-state index contributed by atoms with van der Waals surface area (Å²) < 4.78 is 7.62. The number of imidazole rings is 1. The van der Waals surface area contributed by atoms with Crippen molar-refractivity contribution in [3.63, 3.8) is 0 Å². The summed E-state index contributed by atoms with van der Waals surface area (Å²) in [5, 5.41) is 3.03. The fourth-order valence-corrected chi connectivity index (χ4v) is 3.90. The van der Waals surface area contributed by atoms with Crippen LogP contribution < -0.4 is 5.32 Å². The van der Waals surface area contributed by atoms with E-state index in [4.69, 9.17) is 4.74 Å². The number of carbonyl (C=O) groups excluding carboxylic acids is 1. The SMILES string of the molecule is Cc1nc(C(=O)NCCN2CCOCC2)c(C)n1C1CCN(C)CC1. The minimum absolute atomic E-state index is 0.0551. The van der Waals surface area contributed by atoms with Crippen LogP contribution in [0.2, 0.25) is 0 Å². The molecule has 0 atom stereocenters. The Hall–Kier alpha value is -1.44. The summed E-state index contributed by atoms with van der Waals surface area (Å²) in [6.07, 6.45) is 2.24. The maximum absolute atomic E-state index is 12.6. The number of carbonyl (C=O) groups is 1. The molecule has 0 aliphatic carbocycles. The number of likely N-dealkylation sites (tertiary alicyclic amines) is 1.